The number of H-pyrrole nitrogens is 1. The molecule has 26 heavy (non-hydrogen) atoms. The van der Waals surface area contributed by atoms with Gasteiger partial charge in [0.1, 0.15) is 0 Å². The number of aromatic nitrogens is 3. The Balaban J connectivity index is 1.75. The Hall–Kier alpha value is -2.53. The van der Waals surface area contributed by atoms with E-state index in [0.29, 0.717) is 11.7 Å². The fourth-order valence-corrected chi connectivity index (χ4v) is 3.81. The molecular formula is C18H21N5O2S. The second-order valence-electron chi connectivity index (χ2n) is 6.50. The number of hydrogen-bond donors (Lipinski definition) is 1. The molecule has 1 N–H and O–H groups in total. The van der Waals surface area contributed by atoms with Gasteiger partial charge < -0.3 is 4.90 Å². The fourth-order valence-electron chi connectivity index (χ4n) is 2.92. The van der Waals surface area contributed by atoms with Gasteiger partial charge in [-0.15, -0.1) is 5.10 Å². The molecule has 0 aliphatic heterocycles. The molecule has 1 fully saturated rings. The first-order chi connectivity index (χ1) is 12.5. The van der Waals surface area contributed by atoms with Gasteiger partial charge in [0, 0.05) is 18.3 Å². The number of carbonyl (C=O) groups excluding carboxylic acids is 1. The highest BCUT2D eigenvalue weighted by molar-refractivity contribution is 7.99. The minimum absolute atomic E-state index is 0.104. The highest BCUT2D eigenvalue weighted by Gasteiger charge is 2.29. The van der Waals surface area contributed by atoms with Crippen molar-refractivity contribution < 1.29 is 4.79 Å². The van der Waals surface area contributed by atoms with Gasteiger partial charge in [-0.25, -0.2) is 9.89 Å². The number of nitrogens with zero attached hydrogens (tertiary/aromatic N) is 4. The summed E-state index contributed by atoms with van der Waals surface area (Å²) in [5, 5.41) is 16.0. The van der Waals surface area contributed by atoms with Crippen LogP contribution in [0, 0.1) is 25.2 Å². The SMILES string of the molecule is Cc1cc(C)cc(N(CCC#N)C(=O)CSc2n[nH]c(=O)n2C2CC2)c1. The first-order valence-electron chi connectivity index (χ1n) is 8.55. The Kier molecular flexibility index (Phi) is 5.47. The molecule has 2 aromatic rings. The first-order valence-corrected chi connectivity index (χ1v) is 9.53. The van der Waals surface area contributed by atoms with Crippen molar-refractivity contribution in [3.05, 3.63) is 39.8 Å². The van der Waals surface area contributed by atoms with Gasteiger partial charge in [0.05, 0.1) is 18.2 Å². The van der Waals surface area contributed by atoms with E-state index < -0.39 is 0 Å². The van der Waals surface area contributed by atoms with Crippen LogP contribution in [0.15, 0.2) is 28.2 Å². The Morgan fingerprint density at radius 3 is 2.69 bits per heavy atom. The zero-order valence-corrected chi connectivity index (χ0v) is 15.7. The van der Waals surface area contributed by atoms with Gasteiger partial charge in [-0.2, -0.15) is 5.26 Å². The number of aryl methyl sites for hydroxylation is 2. The van der Waals surface area contributed by atoms with Crippen LogP contribution in [-0.2, 0) is 4.79 Å². The third kappa shape index (κ3) is 4.17. The van der Waals surface area contributed by atoms with Crippen LogP contribution in [0.5, 0.6) is 0 Å². The minimum atomic E-state index is -0.224. The lowest BCUT2D eigenvalue weighted by molar-refractivity contribution is -0.116. The summed E-state index contributed by atoms with van der Waals surface area (Å²) < 4.78 is 1.63. The minimum Gasteiger partial charge on any atom is -0.311 e. The van der Waals surface area contributed by atoms with Crippen molar-refractivity contribution in [3.63, 3.8) is 0 Å². The Bertz CT molecular complexity index is 887. The number of rotatable bonds is 7. The van der Waals surface area contributed by atoms with Crippen LogP contribution in [-0.4, -0.2) is 33.0 Å². The molecule has 1 aliphatic rings. The molecular weight excluding hydrogens is 350 g/mol. The average Bonchev–Trinajstić information content (AvgIpc) is 3.35. The Morgan fingerprint density at radius 2 is 2.08 bits per heavy atom. The van der Waals surface area contributed by atoms with Crippen molar-refractivity contribution in [1.29, 1.82) is 5.26 Å². The summed E-state index contributed by atoms with van der Waals surface area (Å²) in [5.41, 5.74) is 2.71. The van der Waals surface area contributed by atoms with Gasteiger partial charge in [0.15, 0.2) is 5.16 Å². The summed E-state index contributed by atoms with van der Waals surface area (Å²) in [6.07, 6.45) is 2.20. The van der Waals surface area contributed by atoms with E-state index in [-0.39, 0.29) is 29.8 Å². The zero-order valence-electron chi connectivity index (χ0n) is 14.9. The smallest absolute Gasteiger partial charge is 0.311 e. The van der Waals surface area contributed by atoms with E-state index in [9.17, 15) is 9.59 Å². The molecule has 1 saturated carbocycles. The average molecular weight is 371 g/mol. The molecule has 0 radical (unpaired) electrons. The molecule has 1 amide bonds. The van der Waals surface area contributed by atoms with Crippen molar-refractivity contribution in [3.8, 4) is 6.07 Å². The number of nitriles is 1. The maximum absolute atomic E-state index is 12.8. The van der Waals surface area contributed by atoms with Crippen LogP contribution in [0.4, 0.5) is 5.69 Å². The van der Waals surface area contributed by atoms with Gasteiger partial charge in [-0.05, 0) is 49.9 Å². The number of anilines is 1. The molecule has 0 unspecified atom stereocenters. The van der Waals surface area contributed by atoms with Crippen LogP contribution >= 0.6 is 11.8 Å². The number of nitrogens with one attached hydrogen (secondary N) is 1. The summed E-state index contributed by atoms with van der Waals surface area (Å²) in [6.45, 7) is 4.31. The standard InChI is InChI=1S/C18H21N5O2S/c1-12-8-13(2)10-15(9-12)22(7-3-6-19)16(24)11-26-18-21-20-17(25)23(18)14-4-5-14/h8-10,14H,3-5,7,11H2,1-2H3,(H,20,25). The zero-order chi connectivity index (χ0) is 18.7. The van der Waals surface area contributed by atoms with Gasteiger partial charge >= 0.3 is 5.69 Å². The van der Waals surface area contributed by atoms with Crippen LogP contribution in [0.25, 0.3) is 0 Å². The quantitative estimate of drug-likeness (QED) is 0.755. The lowest BCUT2D eigenvalue weighted by atomic mass is 10.1. The van der Waals surface area contributed by atoms with E-state index in [2.05, 4.69) is 16.3 Å². The topological polar surface area (TPSA) is 94.8 Å². The van der Waals surface area contributed by atoms with Gasteiger partial charge in [0.2, 0.25) is 5.91 Å². The van der Waals surface area contributed by atoms with E-state index in [0.717, 1.165) is 29.7 Å². The van der Waals surface area contributed by atoms with Gasteiger partial charge in [-0.1, -0.05) is 17.8 Å². The van der Waals surface area contributed by atoms with E-state index in [1.807, 2.05) is 32.0 Å². The van der Waals surface area contributed by atoms with Crippen molar-refractivity contribution in [2.45, 2.75) is 44.3 Å². The number of hydrogen-bond acceptors (Lipinski definition) is 5. The first kappa shape index (κ1) is 18.3. The van der Waals surface area contributed by atoms with Crippen molar-refractivity contribution >= 4 is 23.4 Å². The molecule has 0 atom stereocenters. The Morgan fingerprint density at radius 1 is 1.38 bits per heavy atom. The number of thioether (sulfide) groups is 1. The number of benzene rings is 1. The summed E-state index contributed by atoms with van der Waals surface area (Å²) >= 11 is 1.26. The summed E-state index contributed by atoms with van der Waals surface area (Å²) in [5.74, 6) is 0.0585. The molecule has 1 aliphatic carbocycles. The molecule has 1 aromatic heterocycles. The van der Waals surface area contributed by atoms with Crippen molar-refractivity contribution in [2.75, 3.05) is 17.2 Å². The molecule has 1 heterocycles. The van der Waals surface area contributed by atoms with Gasteiger partial charge in [-0.3, -0.25) is 9.36 Å². The van der Waals surface area contributed by atoms with E-state index >= 15 is 0 Å². The lowest BCUT2D eigenvalue weighted by Gasteiger charge is -2.22. The molecule has 0 spiro atoms. The van der Waals surface area contributed by atoms with E-state index in [4.69, 9.17) is 5.26 Å². The van der Waals surface area contributed by atoms with Gasteiger partial charge in [0.25, 0.3) is 0 Å². The van der Waals surface area contributed by atoms with Crippen LogP contribution < -0.4 is 10.6 Å². The largest absolute Gasteiger partial charge is 0.344 e. The highest BCUT2D eigenvalue weighted by Crippen LogP contribution is 2.36. The number of carbonyl (C=O) groups is 1. The highest BCUT2D eigenvalue weighted by atomic mass is 32.2. The molecule has 3 rings (SSSR count). The van der Waals surface area contributed by atoms with Crippen LogP contribution in [0.1, 0.15) is 36.4 Å². The van der Waals surface area contributed by atoms with E-state index in [1.165, 1.54) is 11.8 Å². The third-order valence-corrected chi connectivity index (χ3v) is 5.11. The molecule has 0 bridgehead atoms. The van der Waals surface area contributed by atoms with Crippen LogP contribution in [0.3, 0.4) is 0 Å². The maximum atomic E-state index is 12.8. The molecule has 8 heteroatoms. The predicted octanol–water partition coefficient (Wildman–Crippen LogP) is 2.56. The van der Waals surface area contributed by atoms with Crippen molar-refractivity contribution in [2.24, 2.45) is 0 Å². The summed E-state index contributed by atoms with van der Waals surface area (Å²) in [7, 11) is 0. The normalized spacial score (nSPS) is 13.4. The molecule has 1 aromatic carbocycles. The second-order valence-corrected chi connectivity index (χ2v) is 7.44. The maximum Gasteiger partial charge on any atom is 0.344 e. The second kappa shape index (κ2) is 7.79. The van der Waals surface area contributed by atoms with Crippen LogP contribution in [0.2, 0.25) is 0 Å². The monoisotopic (exact) mass is 371 g/mol. The van der Waals surface area contributed by atoms with Crippen molar-refractivity contribution in [1.82, 2.24) is 14.8 Å². The molecule has 136 valence electrons. The predicted molar refractivity (Wildman–Crippen MR) is 100 cm³/mol. The number of amides is 1. The summed E-state index contributed by atoms with van der Waals surface area (Å²) in [6, 6.07) is 8.24. The molecule has 7 nitrogen and oxygen atoms in total. The third-order valence-electron chi connectivity index (χ3n) is 4.18. The molecule has 0 saturated heterocycles. The summed E-state index contributed by atoms with van der Waals surface area (Å²) in [4.78, 5) is 26.3. The number of aromatic amines is 1. The lowest BCUT2D eigenvalue weighted by Crippen LogP contribution is -2.33. The van der Waals surface area contributed by atoms with E-state index in [1.54, 1.807) is 9.47 Å². The Labute approximate surface area is 156 Å². The fraction of sp³-hybridized carbons (Fsp3) is 0.444.